The molecule has 1 aliphatic heterocycles. The molecule has 1 N–H and O–H groups in total. The molecule has 1 saturated carbocycles. The third-order valence-electron chi connectivity index (χ3n) is 5.85. The highest BCUT2D eigenvalue weighted by atomic mass is 35.5. The van der Waals surface area contributed by atoms with E-state index in [0.717, 1.165) is 13.1 Å². The van der Waals surface area contributed by atoms with Gasteiger partial charge in [-0.2, -0.15) is 0 Å². The van der Waals surface area contributed by atoms with Gasteiger partial charge in [-0.25, -0.2) is 8.42 Å². The minimum Gasteiger partial charge on any atom is -0.481 e. The molecular weight excluding hydrogens is 404 g/mol. The number of hydrogen-bond acceptors (Lipinski definition) is 5. The Balaban J connectivity index is 1.85. The lowest BCUT2D eigenvalue weighted by Crippen LogP contribution is -2.50. The van der Waals surface area contributed by atoms with Gasteiger partial charge in [-0.1, -0.05) is 11.6 Å². The van der Waals surface area contributed by atoms with Crippen molar-refractivity contribution in [3.63, 3.8) is 0 Å². The Bertz CT molecular complexity index is 880. The maximum absolute atomic E-state index is 13.2. The van der Waals surface area contributed by atoms with Crippen LogP contribution in [0.3, 0.4) is 0 Å². The number of amides is 1. The SMILES string of the molecule is Cc1cc(Cl)ccc1S(=O)(=O)[C@H]1C[C@@H](C(=O)O)[C@H](C(=O)N2CCN(C)CC2)C1. The Labute approximate surface area is 170 Å². The highest BCUT2D eigenvalue weighted by Gasteiger charge is 2.49. The van der Waals surface area contributed by atoms with Gasteiger partial charge in [0.2, 0.25) is 5.91 Å². The predicted octanol–water partition coefficient (Wildman–Crippen LogP) is 1.68. The quantitative estimate of drug-likeness (QED) is 0.783. The maximum Gasteiger partial charge on any atom is 0.307 e. The smallest absolute Gasteiger partial charge is 0.307 e. The number of carboxylic acids is 1. The summed E-state index contributed by atoms with van der Waals surface area (Å²) in [5.41, 5.74) is 0.521. The van der Waals surface area contributed by atoms with Gasteiger partial charge in [0.25, 0.3) is 0 Å². The molecule has 1 aliphatic carbocycles. The Morgan fingerprint density at radius 2 is 1.71 bits per heavy atom. The molecule has 3 atom stereocenters. The number of carbonyl (C=O) groups is 2. The van der Waals surface area contributed by atoms with E-state index in [1.165, 1.54) is 12.1 Å². The van der Waals surface area contributed by atoms with Crippen LogP contribution >= 0.6 is 11.6 Å². The summed E-state index contributed by atoms with van der Waals surface area (Å²) in [5.74, 6) is -3.16. The summed E-state index contributed by atoms with van der Waals surface area (Å²) in [4.78, 5) is 28.7. The van der Waals surface area contributed by atoms with E-state index in [0.29, 0.717) is 23.7 Å². The average molecular weight is 429 g/mol. The summed E-state index contributed by atoms with van der Waals surface area (Å²) in [6.45, 7) is 4.18. The van der Waals surface area contributed by atoms with Crippen LogP contribution in [0.2, 0.25) is 5.02 Å². The van der Waals surface area contributed by atoms with Crippen molar-refractivity contribution in [1.29, 1.82) is 0 Å². The number of piperazine rings is 1. The van der Waals surface area contributed by atoms with Crippen LogP contribution in [0.1, 0.15) is 18.4 Å². The van der Waals surface area contributed by atoms with Gasteiger partial charge in [0.15, 0.2) is 9.84 Å². The van der Waals surface area contributed by atoms with E-state index in [1.807, 2.05) is 7.05 Å². The topological polar surface area (TPSA) is 95.0 Å². The lowest BCUT2D eigenvalue weighted by molar-refractivity contribution is -0.149. The molecule has 1 amide bonds. The molecule has 0 unspecified atom stereocenters. The lowest BCUT2D eigenvalue weighted by atomic mass is 9.94. The van der Waals surface area contributed by atoms with Crippen LogP contribution in [-0.2, 0) is 19.4 Å². The highest BCUT2D eigenvalue weighted by Crippen LogP contribution is 2.40. The monoisotopic (exact) mass is 428 g/mol. The second kappa shape index (κ2) is 8.00. The molecule has 154 valence electrons. The number of hydrogen-bond donors (Lipinski definition) is 1. The Morgan fingerprint density at radius 1 is 1.11 bits per heavy atom. The molecular formula is C19H25ClN2O5S. The van der Waals surface area contributed by atoms with E-state index in [9.17, 15) is 23.1 Å². The molecule has 1 saturated heterocycles. The third kappa shape index (κ3) is 4.04. The molecule has 0 radical (unpaired) electrons. The number of carboxylic acid groups (broad SMARTS) is 1. The first kappa shape index (κ1) is 21.1. The van der Waals surface area contributed by atoms with Crippen LogP contribution in [0.25, 0.3) is 0 Å². The number of carbonyl (C=O) groups excluding carboxylic acids is 1. The van der Waals surface area contributed by atoms with E-state index in [1.54, 1.807) is 17.9 Å². The second-order valence-electron chi connectivity index (χ2n) is 7.73. The molecule has 28 heavy (non-hydrogen) atoms. The normalized spacial score (nSPS) is 26.4. The van der Waals surface area contributed by atoms with Gasteiger partial charge < -0.3 is 14.9 Å². The van der Waals surface area contributed by atoms with Crippen molar-refractivity contribution >= 4 is 33.3 Å². The van der Waals surface area contributed by atoms with Crippen molar-refractivity contribution in [1.82, 2.24) is 9.80 Å². The molecule has 1 heterocycles. The molecule has 1 aromatic rings. The minimum atomic E-state index is -3.76. The number of benzene rings is 1. The second-order valence-corrected chi connectivity index (χ2v) is 10.4. The van der Waals surface area contributed by atoms with E-state index in [4.69, 9.17) is 11.6 Å². The average Bonchev–Trinajstić information content (AvgIpc) is 3.08. The molecule has 0 spiro atoms. The van der Waals surface area contributed by atoms with Crippen molar-refractivity contribution in [3.05, 3.63) is 28.8 Å². The first-order chi connectivity index (χ1) is 13.1. The van der Waals surface area contributed by atoms with Crippen LogP contribution in [0.4, 0.5) is 0 Å². The highest BCUT2D eigenvalue weighted by molar-refractivity contribution is 7.92. The molecule has 0 aromatic heterocycles. The van der Waals surface area contributed by atoms with Gasteiger partial charge in [0, 0.05) is 31.2 Å². The summed E-state index contributed by atoms with van der Waals surface area (Å²) < 4.78 is 26.3. The van der Waals surface area contributed by atoms with Gasteiger partial charge in [-0.15, -0.1) is 0 Å². The largest absolute Gasteiger partial charge is 0.481 e. The van der Waals surface area contributed by atoms with Gasteiger partial charge in [0.05, 0.1) is 22.0 Å². The molecule has 7 nitrogen and oxygen atoms in total. The van der Waals surface area contributed by atoms with E-state index in [2.05, 4.69) is 4.90 Å². The Morgan fingerprint density at radius 3 is 2.29 bits per heavy atom. The van der Waals surface area contributed by atoms with Gasteiger partial charge >= 0.3 is 5.97 Å². The van der Waals surface area contributed by atoms with E-state index < -0.39 is 32.9 Å². The maximum atomic E-state index is 13.2. The number of halogens is 1. The zero-order chi connectivity index (χ0) is 20.6. The Kier molecular flexibility index (Phi) is 6.03. The Hall–Kier alpha value is -1.64. The fourth-order valence-electron chi connectivity index (χ4n) is 4.16. The molecule has 1 aromatic carbocycles. The molecule has 0 bridgehead atoms. The zero-order valence-electron chi connectivity index (χ0n) is 16.0. The molecule has 2 aliphatic rings. The van der Waals surface area contributed by atoms with Crippen LogP contribution in [0.15, 0.2) is 23.1 Å². The zero-order valence-corrected chi connectivity index (χ0v) is 17.5. The van der Waals surface area contributed by atoms with E-state index >= 15 is 0 Å². The first-order valence-electron chi connectivity index (χ1n) is 9.31. The predicted molar refractivity (Wildman–Crippen MR) is 105 cm³/mol. The van der Waals surface area contributed by atoms with Crippen LogP contribution in [0.5, 0.6) is 0 Å². The summed E-state index contributed by atoms with van der Waals surface area (Å²) in [7, 11) is -1.79. The third-order valence-corrected chi connectivity index (χ3v) is 8.42. The first-order valence-corrected chi connectivity index (χ1v) is 11.2. The van der Waals surface area contributed by atoms with Crippen molar-refractivity contribution in [2.24, 2.45) is 11.8 Å². The van der Waals surface area contributed by atoms with Crippen molar-refractivity contribution < 1.29 is 23.1 Å². The van der Waals surface area contributed by atoms with Crippen LogP contribution < -0.4 is 0 Å². The number of likely N-dealkylation sites (N-methyl/N-ethyl adjacent to an activating group) is 1. The lowest BCUT2D eigenvalue weighted by Gasteiger charge is -2.34. The van der Waals surface area contributed by atoms with Crippen LogP contribution in [-0.4, -0.2) is 73.7 Å². The van der Waals surface area contributed by atoms with Crippen molar-refractivity contribution in [3.8, 4) is 0 Å². The minimum absolute atomic E-state index is 0.0343. The fraction of sp³-hybridized carbons (Fsp3) is 0.579. The fourth-order valence-corrected chi connectivity index (χ4v) is 6.44. The summed E-state index contributed by atoms with van der Waals surface area (Å²) in [6.07, 6.45) is -0.0174. The summed E-state index contributed by atoms with van der Waals surface area (Å²) in [5, 5.41) is 9.17. The standard InChI is InChI=1S/C19H25ClN2O5S/c1-12-9-13(20)3-4-17(12)28(26,27)14-10-15(16(11-14)19(24)25)18(23)22-7-5-21(2)6-8-22/h3-4,9,14-16H,5-8,10-11H2,1-2H3,(H,24,25)/t14-,15-,16-/m1/s1. The van der Waals surface area contributed by atoms with Gasteiger partial charge in [0.1, 0.15) is 0 Å². The number of rotatable bonds is 4. The summed E-state index contributed by atoms with van der Waals surface area (Å²) in [6, 6.07) is 4.54. The van der Waals surface area contributed by atoms with E-state index in [-0.39, 0.29) is 23.6 Å². The van der Waals surface area contributed by atoms with Crippen molar-refractivity contribution in [2.45, 2.75) is 29.9 Å². The van der Waals surface area contributed by atoms with Crippen molar-refractivity contribution in [2.75, 3.05) is 33.2 Å². The number of nitrogens with zero attached hydrogens (tertiary/aromatic N) is 2. The molecule has 3 rings (SSSR count). The molecule has 9 heteroatoms. The van der Waals surface area contributed by atoms with Gasteiger partial charge in [-0.3, -0.25) is 9.59 Å². The van der Waals surface area contributed by atoms with Gasteiger partial charge in [-0.05, 0) is 50.6 Å². The number of aliphatic carboxylic acids is 1. The summed E-state index contributed by atoms with van der Waals surface area (Å²) >= 11 is 5.93. The number of sulfone groups is 1. The van der Waals surface area contributed by atoms with Crippen LogP contribution in [0, 0.1) is 18.8 Å². The molecule has 2 fully saturated rings. The number of aryl methyl sites for hydroxylation is 1.